The molecule has 0 saturated heterocycles. The summed E-state index contributed by atoms with van der Waals surface area (Å²) in [4.78, 5) is 14.0. The molecule has 1 aromatic carbocycles. The highest BCUT2D eigenvalue weighted by molar-refractivity contribution is 5.85. The number of hydrogen-bond acceptors (Lipinski definition) is 3. The largest absolute Gasteiger partial charge is 0.369 e. The van der Waals surface area contributed by atoms with E-state index in [0.717, 1.165) is 12.2 Å². The molecule has 0 aliphatic carbocycles. The Morgan fingerprint density at radius 2 is 2.00 bits per heavy atom. The lowest BCUT2D eigenvalue weighted by Gasteiger charge is -2.36. The molecule has 0 heterocycles. The summed E-state index contributed by atoms with van der Waals surface area (Å²) in [5.41, 5.74) is 7.21. The van der Waals surface area contributed by atoms with Crippen molar-refractivity contribution in [1.29, 1.82) is 0 Å². The first kappa shape index (κ1) is 16.5. The van der Waals surface area contributed by atoms with Crippen LogP contribution in [0.2, 0.25) is 0 Å². The summed E-state index contributed by atoms with van der Waals surface area (Å²) in [6.07, 6.45) is 0. The molecule has 0 aliphatic rings. The van der Waals surface area contributed by atoms with Crippen molar-refractivity contribution in [2.75, 3.05) is 18.0 Å². The fraction of sp³-hybridized carbons (Fsp3) is 0.562. The number of nitrogens with two attached hydrogens (primary N) is 1. The van der Waals surface area contributed by atoms with Gasteiger partial charge in [-0.15, -0.1) is 0 Å². The molecule has 4 nitrogen and oxygen atoms in total. The predicted molar refractivity (Wildman–Crippen MR) is 84.9 cm³/mol. The number of nitrogens with one attached hydrogen (secondary N) is 1. The van der Waals surface area contributed by atoms with Crippen LogP contribution >= 0.6 is 0 Å². The van der Waals surface area contributed by atoms with Crippen molar-refractivity contribution in [3.63, 3.8) is 0 Å². The Balaban J connectivity index is 3.01. The number of likely N-dealkylation sites (N-methyl/N-ethyl adjacent to an activating group) is 1. The number of nitrogens with zero attached hydrogens (tertiary/aromatic N) is 1. The van der Waals surface area contributed by atoms with Crippen LogP contribution in [0, 0.1) is 6.92 Å². The van der Waals surface area contributed by atoms with E-state index in [1.54, 1.807) is 0 Å². The van der Waals surface area contributed by atoms with Crippen LogP contribution in [0.5, 0.6) is 0 Å². The SMILES string of the molecule is CCN(CC(C)(NC(C)C)C(N)=O)c1ccccc1C. The van der Waals surface area contributed by atoms with Crippen LogP contribution in [0.1, 0.15) is 33.3 Å². The number of carbonyl (C=O) groups excluding carboxylic acids is 1. The first-order valence-electron chi connectivity index (χ1n) is 7.18. The Labute approximate surface area is 122 Å². The zero-order valence-electron chi connectivity index (χ0n) is 13.2. The lowest BCUT2D eigenvalue weighted by molar-refractivity contribution is -0.123. The van der Waals surface area contributed by atoms with Gasteiger partial charge in [-0.25, -0.2) is 0 Å². The molecule has 0 radical (unpaired) electrons. The van der Waals surface area contributed by atoms with E-state index in [1.807, 2.05) is 32.9 Å². The molecule has 112 valence electrons. The van der Waals surface area contributed by atoms with Gasteiger partial charge in [0.15, 0.2) is 0 Å². The maximum atomic E-state index is 11.9. The van der Waals surface area contributed by atoms with Gasteiger partial charge in [0, 0.05) is 24.8 Å². The molecule has 0 fully saturated rings. The van der Waals surface area contributed by atoms with E-state index in [-0.39, 0.29) is 11.9 Å². The smallest absolute Gasteiger partial charge is 0.239 e. The van der Waals surface area contributed by atoms with Crippen molar-refractivity contribution in [2.45, 2.75) is 46.2 Å². The third kappa shape index (κ3) is 3.97. The first-order chi connectivity index (χ1) is 9.30. The van der Waals surface area contributed by atoms with Gasteiger partial charge < -0.3 is 10.6 Å². The van der Waals surface area contributed by atoms with Gasteiger partial charge in [0.05, 0.1) is 0 Å². The lowest BCUT2D eigenvalue weighted by atomic mass is 9.98. The fourth-order valence-corrected chi connectivity index (χ4v) is 2.50. The molecule has 1 unspecified atom stereocenters. The van der Waals surface area contributed by atoms with Crippen LogP contribution in [0.4, 0.5) is 5.69 Å². The van der Waals surface area contributed by atoms with Crippen molar-refractivity contribution in [1.82, 2.24) is 5.32 Å². The standard InChI is InChI=1S/C16H27N3O/c1-6-19(14-10-8-7-9-13(14)4)11-16(5,15(17)20)18-12(2)3/h7-10,12,18H,6,11H2,1-5H3,(H2,17,20). The summed E-state index contributed by atoms with van der Waals surface area (Å²) in [6.45, 7) is 11.5. The van der Waals surface area contributed by atoms with Crippen LogP contribution in [0.15, 0.2) is 24.3 Å². The van der Waals surface area contributed by atoms with E-state index >= 15 is 0 Å². The van der Waals surface area contributed by atoms with E-state index in [9.17, 15) is 4.79 Å². The van der Waals surface area contributed by atoms with Crippen molar-refractivity contribution < 1.29 is 4.79 Å². The summed E-state index contributed by atoms with van der Waals surface area (Å²) in [5.74, 6) is -0.321. The Hall–Kier alpha value is -1.55. The quantitative estimate of drug-likeness (QED) is 0.802. The zero-order chi connectivity index (χ0) is 15.3. The minimum absolute atomic E-state index is 0.197. The Morgan fingerprint density at radius 1 is 1.40 bits per heavy atom. The van der Waals surface area contributed by atoms with Gasteiger partial charge in [0.1, 0.15) is 5.54 Å². The van der Waals surface area contributed by atoms with Crippen LogP contribution < -0.4 is 16.0 Å². The number of hydrogen-bond donors (Lipinski definition) is 2. The minimum Gasteiger partial charge on any atom is -0.369 e. The third-order valence-electron chi connectivity index (χ3n) is 3.50. The topological polar surface area (TPSA) is 58.4 Å². The summed E-state index contributed by atoms with van der Waals surface area (Å²) < 4.78 is 0. The fourth-order valence-electron chi connectivity index (χ4n) is 2.50. The van der Waals surface area contributed by atoms with Crippen molar-refractivity contribution in [3.05, 3.63) is 29.8 Å². The highest BCUT2D eigenvalue weighted by atomic mass is 16.1. The second-order valence-corrected chi connectivity index (χ2v) is 5.80. The molecule has 0 aliphatic heterocycles. The number of anilines is 1. The maximum absolute atomic E-state index is 11.9. The van der Waals surface area contributed by atoms with E-state index in [2.05, 4.69) is 36.2 Å². The van der Waals surface area contributed by atoms with Gasteiger partial charge in [0.2, 0.25) is 5.91 Å². The molecule has 0 bridgehead atoms. The molecule has 20 heavy (non-hydrogen) atoms. The third-order valence-corrected chi connectivity index (χ3v) is 3.50. The average molecular weight is 277 g/mol. The van der Waals surface area contributed by atoms with Gasteiger partial charge >= 0.3 is 0 Å². The number of amides is 1. The Morgan fingerprint density at radius 3 is 2.45 bits per heavy atom. The van der Waals surface area contributed by atoms with E-state index in [1.165, 1.54) is 5.56 Å². The van der Waals surface area contributed by atoms with Crippen molar-refractivity contribution in [3.8, 4) is 0 Å². The van der Waals surface area contributed by atoms with Gasteiger partial charge in [-0.1, -0.05) is 18.2 Å². The number of aryl methyl sites for hydroxylation is 1. The van der Waals surface area contributed by atoms with E-state index in [4.69, 9.17) is 5.73 Å². The maximum Gasteiger partial charge on any atom is 0.239 e. The first-order valence-corrected chi connectivity index (χ1v) is 7.18. The molecule has 0 aromatic heterocycles. The normalized spacial score (nSPS) is 14.1. The molecule has 4 heteroatoms. The van der Waals surface area contributed by atoms with Gasteiger partial charge in [0.25, 0.3) is 0 Å². The highest BCUT2D eigenvalue weighted by Crippen LogP contribution is 2.21. The van der Waals surface area contributed by atoms with E-state index < -0.39 is 5.54 Å². The van der Waals surface area contributed by atoms with Crippen molar-refractivity contribution >= 4 is 11.6 Å². The number of primary amides is 1. The van der Waals surface area contributed by atoms with Gasteiger partial charge in [-0.2, -0.15) is 0 Å². The molecule has 0 saturated carbocycles. The Kier molecular flexibility index (Phi) is 5.57. The molecule has 1 amide bonds. The second-order valence-electron chi connectivity index (χ2n) is 5.80. The Bertz CT molecular complexity index is 459. The summed E-state index contributed by atoms with van der Waals surface area (Å²) in [7, 11) is 0. The highest BCUT2D eigenvalue weighted by Gasteiger charge is 2.33. The predicted octanol–water partition coefficient (Wildman–Crippen LogP) is 2.06. The van der Waals surface area contributed by atoms with Crippen LogP contribution in [0.3, 0.4) is 0 Å². The second kappa shape index (κ2) is 6.75. The van der Waals surface area contributed by atoms with Gasteiger partial charge in [-0.3, -0.25) is 10.1 Å². The molecule has 1 rings (SSSR count). The van der Waals surface area contributed by atoms with Crippen LogP contribution in [-0.2, 0) is 4.79 Å². The molecule has 0 spiro atoms. The lowest BCUT2D eigenvalue weighted by Crippen LogP contribution is -2.61. The number of benzene rings is 1. The summed E-state index contributed by atoms with van der Waals surface area (Å²) >= 11 is 0. The van der Waals surface area contributed by atoms with Gasteiger partial charge in [-0.05, 0) is 46.2 Å². The number of carbonyl (C=O) groups is 1. The zero-order valence-corrected chi connectivity index (χ0v) is 13.2. The molecule has 1 aromatic rings. The van der Waals surface area contributed by atoms with Crippen LogP contribution in [-0.4, -0.2) is 30.6 Å². The minimum atomic E-state index is -0.744. The monoisotopic (exact) mass is 277 g/mol. The van der Waals surface area contributed by atoms with E-state index in [0.29, 0.717) is 6.54 Å². The summed E-state index contributed by atoms with van der Waals surface area (Å²) in [5, 5.41) is 3.29. The van der Waals surface area contributed by atoms with Crippen LogP contribution in [0.25, 0.3) is 0 Å². The molecule has 3 N–H and O–H groups in total. The van der Waals surface area contributed by atoms with Crippen molar-refractivity contribution in [2.24, 2.45) is 5.73 Å². The molecular formula is C16H27N3O. The summed E-state index contributed by atoms with van der Waals surface area (Å²) in [6, 6.07) is 8.39. The number of para-hydroxylation sites is 1. The average Bonchev–Trinajstić information content (AvgIpc) is 2.36. The molecular weight excluding hydrogens is 250 g/mol. The number of rotatable bonds is 7. The molecule has 1 atom stereocenters.